The summed E-state index contributed by atoms with van der Waals surface area (Å²) in [5.41, 5.74) is 2.06. The van der Waals surface area contributed by atoms with Crippen molar-refractivity contribution >= 4 is 5.65 Å². The van der Waals surface area contributed by atoms with E-state index in [0.29, 0.717) is 6.61 Å². The number of ether oxygens (including phenoxy) is 1. The Morgan fingerprint density at radius 1 is 1.33 bits per heavy atom. The van der Waals surface area contributed by atoms with Crippen LogP contribution < -0.4 is 4.74 Å². The standard InChI is InChI=1S/C12H17N3O.C2H6/c1-10-9-13-12-8-11(4-5-15(10)12)16-7-6-14(2)3;1-2/h4-5,8-9H,6-7H2,1-3H3;1-2H3. The maximum absolute atomic E-state index is 5.64. The van der Waals surface area contributed by atoms with Gasteiger partial charge in [-0.15, -0.1) is 0 Å². The van der Waals surface area contributed by atoms with Gasteiger partial charge in [-0.25, -0.2) is 4.98 Å². The zero-order chi connectivity index (χ0) is 13.5. The number of rotatable bonds is 4. The van der Waals surface area contributed by atoms with Crippen molar-refractivity contribution in [2.45, 2.75) is 20.8 Å². The smallest absolute Gasteiger partial charge is 0.140 e. The molecule has 0 saturated carbocycles. The van der Waals surface area contributed by atoms with E-state index in [2.05, 4.69) is 9.88 Å². The molecule has 2 heterocycles. The number of hydrogen-bond acceptors (Lipinski definition) is 3. The number of fused-ring (bicyclic) bond motifs is 1. The summed E-state index contributed by atoms with van der Waals surface area (Å²) < 4.78 is 7.68. The molecule has 0 spiro atoms. The summed E-state index contributed by atoms with van der Waals surface area (Å²) in [6.07, 6.45) is 3.85. The van der Waals surface area contributed by atoms with Crippen molar-refractivity contribution in [3.8, 4) is 5.75 Å². The molecule has 0 saturated heterocycles. The lowest BCUT2D eigenvalue weighted by atomic mass is 10.4. The van der Waals surface area contributed by atoms with Gasteiger partial charge in [0.1, 0.15) is 18.0 Å². The van der Waals surface area contributed by atoms with Gasteiger partial charge in [0.05, 0.1) is 0 Å². The molecular formula is C14H23N3O. The van der Waals surface area contributed by atoms with Gasteiger partial charge in [-0.1, -0.05) is 13.8 Å². The quantitative estimate of drug-likeness (QED) is 0.834. The zero-order valence-electron chi connectivity index (χ0n) is 12.0. The Morgan fingerprint density at radius 2 is 2.06 bits per heavy atom. The molecule has 4 nitrogen and oxygen atoms in total. The Labute approximate surface area is 109 Å². The third kappa shape index (κ3) is 3.74. The first-order valence-electron chi connectivity index (χ1n) is 6.38. The minimum atomic E-state index is 0.697. The van der Waals surface area contributed by atoms with Crippen LogP contribution in [-0.2, 0) is 0 Å². The van der Waals surface area contributed by atoms with Crippen LogP contribution in [-0.4, -0.2) is 41.5 Å². The molecule has 0 amide bonds. The highest BCUT2D eigenvalue weighted by Gasteiger charge is 2.01. The molecule has 2 aromatic rings. The van der Waals surface area contributed by atoms with Crippen molar-refractivity contribution < 1.29 is 4.74 Å². The van der Waals surface area contributed by atoms with Crippen molar-refractivity contribution in [1.82, 2.24) is 14.3 Å². The van der Waals surface area contributed by atoms with Gasteiger partial charge < -0.3 is 14.0 Å². The molecule has 0 N–H and O–H groups in total. The molecule has 0 fully saturated rings. The fourth-order valence-corrected chi connectivity index (χ4v) is 1.52. The number of aryl methyl sites for hydroxylation is 1. The van der Waals surface area contributed by atoms with Gasteiger partial charge in [0, 0.05) is 30.7 Å². The van der Waals surface area contributed by atoms with Gasteiger partial charge in [-0.2, -0.15) is 0 Å². The van der Waals surface area contributed by atoms with Crippen LogP contribution in [0.4, 0.5) is 0 Å². The summed E-state index contributed by atoms with van der Waals surface area (Å²) >= 11 is 0. The van der Waals surface area contributed by atoms with Crippen molar-refractivity contribution in [3.63, 3.8) is 0 Å². The average Bonchev–Trinajstić information content (AvgIpc) is 2.73. The van der Waals surface area contributed by atoms with Crippen molar-refractivity contribution in [2.24, 2.45) is 0 Å². The van der Waals surface area contributed by atoms with E-state index in [-0.39, 0.29) is 0 Å². The van der Waals surface area contributed by atoms with Crippen LogP contribution >= 0.6 is 0 Å². The van der Waals surface area contributed by atoms with Crippen molar-refractivity contribution in [1.29, 1.82) is 0 Å². The summed E-state index contributed by atoms with van der Waals surface area (Å²) in [5, 5.41) is 0. The van der Waals surface area contributed by atoms with E-state index in [0.717, 1.165) is 23.6 Å². The van der Waals surface area contributed by atoms with Crippen LogP contribution in [0.5, 0.6) is 5.75 Å². The van der Waals surface area contributed by atoms with E-state index < -0.39 is 0 Å². The predicted molar refractivity (Wildman–Crippen MR) is 75.3 cm³/mol. The van der Waals surface area contributed by atoms with Crippen LogP contribution in [0.25, 0.3) is 5.65 Å². The van der Waals surface area contributed by atoms with Gasteiger partial charge in [-0.05, 0) is 27.1 Å². The number of hydrogen-bond donors (Lipinski definition) is 0. The Bertz CT molecular complexity index is 477. The minimum absolute atomic E-state index is 0.697. The van der Waals surface area contributed by atoms with E-state index in [1.54, 1.807) is 0 Å². The number of imidazole rings is 1. The Morgan fingerprint density at radius 3 is 2.72 bits per heavy atom. The second-order valence-corrected chi connectivity index (χ2v) is 4.14. The molecule has 0 bridgehead atoms. The highest BCUT2D eigenvalue weighted by Crippen LogP contribution is 2.14. The summed E-state index contributed by atoms with van der Waals surface area (Å²) in [5.74, 6) is 0.875. The highest BCUT2D eigenvalue weighted by molar-refractivity contribution is 5.45. The molecule has 0 aliphatic heterocycles. The SMILES string of the molecule is CC.Cc1cnc2cc(OCCN(C)C)ccn12. The first-order valence-corrected chi connectivity index (χ1v) is 6.38. The normalized spacial score (nSPS) is 10.3. The van der Waals surface area contributed by atoms with Crippen molar-refractivity contribution in [3.05, 3.63) is 30.2 Å². The molecule has 0 aliphatic rings. The highest BCUT2D eigenvalue weighted by atomic mass is 16.5. The molecule has 18 heavy (non-hydrogen) atoms. The number of likely N-dealkylation sites (N-methyl/N-ethyl adjacent to an activating group) is 1. The molecule has 0 radical (unpaired) electrons. The fourth-order valence-electron chi connectivity index (χ4n) is 1.52. The van der Waals surface area contributed by atoms with Gasteiger partial charge in [-0.3, -0.25) is 0 Å². The van der Waals surface area contributed by atoms with E-state index >= 15 is 0 Å². The molecule has 2 aromatic heterocycles. The van der Waals surface area contributed by atoms with Crippen LogP contribution in [0.2, 0.25) is 0 Å². The molecule has 100 valence electrons. The first kappa shape index (κ1) is 14.5. The second kappa shape index (κ2) is 7.01. The molecular weight excluding hydrogens is 226 g/mol. The van der Waals surface area contributed by atoms with E-state index in [4.69, 9.17) is 4.74 Å². The minimum Gasteiger partial charge on any atom is -0.492 e. The van der Waals surface area contributed by atoms with Crippen LogP contribution in [0.3, 0.4) is 0 Å². The Kier molecular flexibility index (Phi) is 5.65. The molecule has 0 atom stereocenters. The molecule has 2 rings (SSSR count). The average molecular weight is 249 g/mol. The van der Waals surface area contributed by atoms with Gasteiger partial charge >= 0.3 is 0 Å². The van der Waals surface area contributed by atoms with E-state index in [1.165, 1.54) is 0 Å². The van der Waals surface area contributed by atoms with Crippen molar-refractivity contribution in [2.75, 3.05) is 27.2 Å². The van der Waals surface area contributed by atoms with Crippen LogP contribution in [0, 0.1) is 6.92 Å². The third-order valence-corrected chi connectivity index (χ3v) is 2.48. The zero-order valence-corrected chi connectivity index (χ0v) is 12.0. The van der Waals surface area contributed by atoms with Crippen LogP contribution in [0.1, 0.15) is 19.5 Å². The Balaban J connectivity index is 0.000000771. The number of nitrogens with zero attached hydrogens (tertiary/aromatic N) is 3. The molecule has 4 heteroatoms. The van der Waals surface area contributed by atoms with Gasteiger partial charge in [0.15, 0.2) is 0 Å². The van der Waals surface area contributed by atoms with E-state index in [9.17, 15) is 0 Å². The largest absolute Gasteiger partial charge is 0.492 e. The fraction of sp³-hybridized carbons (Fsp3) is 0.500. The molecule has 0 aromatic carbocycles. The summed E-state index contributed by atoms with van der Waals surface area (Å²) in [7, 11) is 4.06. The monoisotopic (exact) mass is 249 g/mol. The van der Waals surface area contributed by atoms with Crippen LogP contribution in [0.15, 0.2) is 24.5 Å². The number of aromatic nitrogens is 2. The summed E-state index contributed by atoms with van der Waals surface area (Å²) in [6.45, 7) is 7.65. The second-order valence-electron chi connectivity index (χ2n) is 4.14. The molecule has 0 aliphatic carbocycles. The molecule has 0 unspecified atom stereocenters. The Hall–Kier alpha value is -1.55. The first-order chi connectivity index (χ1) is 8.66. The maximum Gasteiger partial charge on any atom is 0.140 e. The summed E-state index contributed by atoms with van der Waals surface area (Å²) in [6, 6.07) is 3.93. The summed E-state index contributed by atoms with van der Waals surface area (Å²) in [4.78, 5) is 6.39. The van der Waals surface area contributed by atoms with Gasteiger partial charge in [0.2, 0.25) is 0 Å². The number of pyridine rings is 1. The van der Waals surface area contributed by atoms with Gasteiger partial charge in [0.25, 0.3) is 0 Å². The lowest BCUT2D eigenvalue weighted by Gasteiger charge is -2.11. The van der Waals surface area contributed by atoms with E-state index in [1.807, 2.05) is 63.8 Å². The maximum atomic E-state index is 5.64. The lowest BCUT2D eigenvalue weighted by Crippen LogP contribution is -2.19. The predicted octanol–water partition coefficient (Wildman–Crippen LogP) is 2.61. The third-order valence-electron chi connectivity index (χ3n) is 2.48. The lowest BCUT2D eigenvalue weighted by molar-refractivity contribution is 0.261. The topological polar surface area (TPSA) is 29.8 Å².